The van der Waals surface area contributed by atoms with E-state index in [0.29, 0.717) is 0 Å². The topological polar surface area (TPSA) is 15.3 Å². The fraction of sp³-hybridized carbons (Fsp3) is 0.882. The molecule has 0 spiro atoms. The number of hydrogen-bond donors (Lipinski definition) is 1. The average molecular weight is 260 g/mol. The molecule has 2 nitrogen and oxygen atoms in total. The van der Waals surface area contributed by atoms with E-state index in [1.165, 1.54) is 13.1 Å². The van der Waals surface area contributed by atoms with E-state index in [2.05, 4.69) is 22.9 Å². The van der Waals surface area contributed by atoms with Crippen LogP contribution in [0.15, 0.2) is 12.7 Å². The molecule has 1 aliphatic heterocycles. The van der Waals surface area contributed by atoms with E-state index in [-0.39, 0.29) is 0 Å². The molecule has 0 aromatic heterocycles. The van der Waals surface area contributed by atoms with Gasteiger partial charge in [-0.3, -0.25) is 4.90 Å². The molecule has 1 saturated heterocycles. The van der Waals surface area contributed by atoms with Crippen molar-refractivity contribution in [3.63, 3.8) is 0 Å². The third-order valence-corrected chi connectivity index (χ3v) is 6.51. The Labute approximate surface area is 117 Å². The maximum Gasteiger partial charge on any atom is 0.0257 e. The highest BCUT2D eigenvalue weighted by molar-refractivity contribution is 5.03. The van der Waals surface area contributed by atoms with Gasteiger partial charge in [0.15, 0.2) is 0 Å². The maximum atomic E-state index is 3.96. The summed E-state index contributed by atoms with van der Waals surface area (Å²) < 4.78 is 0. The first kappa shape index (κ1) is 12.4. The van der Waals surface area contributed by atoms with Crippen molar-refractivity contribution in [1.29, 1.82) is 0 Å². The summed E-state index contributed by atoms with van der Waals surface area (Å²) in [7, 11) is 0. The maximum absolute atomic E-state index is 3.96. The number of nitrogens with zero attached hydrogens (tertiary/aromatic N) is 1. The quantitative estimate of drug-likeness (QED) is 0.785. The summed E-state index contributed by atoms with van der Waals surface area (Å²) in [5, 5.41) is 3.66. The van der Waals surface area contributed by atoms with Crippen molar-refractivity contribution >= 4 is 0 Å². The predicted octanol–water partition coefficient (Wildman–Crippen LogP) is 2.52. The Morgan fingerprint density at radius 2 is 1.74 bits per heavy atom. The van der Waals surface area contributed by atoms with Gasteiger partial charge in [-0.25, -0.2) is 0 Å². The van der Waals surface area contributed by atoms with Crippen molar-refractivity contribution in [2.45, 2.75) is 38.1 Å². The first-order chi connectivity index (χ1) is 9.35. The fourth-order valence-corrected chi connectivity index (χ4v) is 6.14. The summed E-state index contributed by atoms with van der Waals surface area (Å²) in [5.41, 5.74) is 0. The molecule has 19 heavy (non-hydrogen) atoms. The molecule has 5 aliphatic rings. The van der Waals surface area contributed by atoms with E-state index in [9.17, 15) is 0 Å². The van der Waals surface area contributed by atoms with Crippen LogP contribution in [0, 0.1) is 29.6 Å². The van der Waals surface area contributed by atoms with E-state index < -0.39 is 0 Å². The normalized spacial score (nSPS) is 49.5. The Balaban J connectivity index is 1.55. The van der Waals surface area contributed by atoms with Gasteiger partial charge in [0.2, 0.25) is 0 Å². The van der Waals surface area contributed by atoms with E-state index in [4.69, 9.17) is 0 Å². The van der Waals surface area contributed by atoms with Gasteiger partial charge in [0.25, 0.3) is 0 Å². The Morgan fingerprint density at radius 1 is 1.05 bits per heavy atom. The smallest absolute Gasteiger partial charge is 0.0257 e. The lowest BCUT2D eigenvalue weighted by molar-refractivity contribution is -0.0764. The molecule has 106 valence electrons. The Morgan fingerprint density at radius 3 is 2.37 bits per heavy atom. The fourth-order valence-electron chi connectivity index (χ4n) is 6.14. The van der Waals surface area contributed by atoms with E-state index in [1.54, 1.807) is 32.1 Å². The van der Waals surface area contributed by atoms with Crippen LogP contribution in [0.2, 0.25) is 0 Å². The lowest BCUT2D eigenvalue weighted by Crippen LogP contribution is -2.60. The lowest BCUT2D eigenvalue weighted by atomic mass is 9.50. The zero-order valence-electron chi connectivity index (χ0n) is 12.1. The van der Waals surface area contributed by atoms with Crippen molar-refractivity contribution < 1.29 is 0 Å². The van der Waals surface area contributed by atoms with Gasteiger partial charge >= 0.3 is 0 Å². The Kier molecular flexibility index (Phi) is 3.19. The van der Waals surface area contributed by atoms with Crippen LogP contribution in [-0.4, -0.2) is 37.1 Å². The van der Waals surface area contributed by atoms with Gasteiger partial charge < -0.3 is 5.32 Å². The lowest BCUT2D eigenvalue weighted by Gasteiger charge is -2.58. The van der Waals surface area contributed by atoms with Gasteiger partial charge in [-0.05, 0) is 61.7 Å². The molecule has 0 amide bonds. The summed E-state index contributed by atoms with van der Waals surface area (Å²) >= 11 is 0. The van der Waals surface area contributed by atoms with Crippen molar-refractivity contribution in [2.75, 3.05) is 26.2 Å². The molecular weight excluding hydrogens is 232 g/mol. The molecule has 5 rings (SSSR count). The second kappa shape index (κ2) is 4.89. The molecule has 1 unspecified atom stereocenters. The van der Waals surface area contributed by atoms with Crippen LogP contribution < -0.4 is 5.32 Å². The second-order valence-corrected chi connectivity index (χ2v) is 7.56. The number of hydrogen-bond acceptors (Lipinski definition) is 2. The van der Waals surface area contributed by atoms with Crippen LogP contribution >= 0.6 is 0 Å². The summed E-state index contributed by atoms with van der Waals surface area (Å²) in [6, 6.07) is 0.793. The largest absolute Gasteiger partial charge is 0.314 e. The molecule has 1 N–H and O–H groups in total. The highest BCUT2D eigenvalue weighted by atomic mass is 15.2. The molecule has 2 heteroatoms. The second-order valence-electron chi connectivity index (χ2n) is 7.56. The minimum absolute atomic E-state index is 0.793. The highest BCUT2D eigenvalue weighted by Crippen LogP contribution is 2.57. The van der Waals surface area contributed by atoms with Crippen molar-refractivity contribution in [3.8, 4) is 0 Å². The van der Waals surface area contributed by atoms with Crippen molar-refractivity contribution in [2.24, 2.45) is 29.6 Å². The minimum Gasteiger partial charge on any atom is -0.314 e. The van der Waals surface area contributed by atoms with Crippen LogP contribution in [0.3, 0.4) is 0 Å². The van der Waals surface area contributed by atoms with Gasteiger partial charge in [-0.15, -0.1) is 6.58 Å². The van der Waals surface area contributed by atoms with Gasteiger partial charge in [0.05, 0.1) is 0 Å². The van der Waals surface area contributed by atoms with E-state index >= 15 is 0 Å². The molecule has 1 heterocycles. The molecule has 4 aliphatic carbocycles. The molecule has 0 aromatic rings. The van der Waals surface area contributed by atoms with Crippen LogP contribution in [0.5, 0.6) is 0 Å². The molecule has 1 atom stereocenters. The summed E-state index contributed by atoms with van der Waals surface area (Å²) in [5.74, 6) is 5.29. The summed E-state index contributed by atoms with van der Waals surface area (Å²) in [6.07, 6.45) is 9.88. The average Bonchev–Trinajstić information content (AvgIpc) is 2.39. The van der Waals surface area contributed by atoms with Gasteiger partial charge in [0.1, 0.15) is 0 Å². The molecule has 0 aromatic carbocycles. The monoisotopic (exact) mass is 260 g/mol. The molecule has 5 fully saturated rings. The molecule has 4 saturated carbocycles. The van der Waals surface area contributed by atoms with E-state index in [1.807, 2.05) is 0 Å². The summed E-state index contributed by atoms with van der Waals surface area (Å²) in [4.78, 5) is 2.72. The number of piperazine rings is 1. The third kappa shape index (κ3) is 2.08. The first-order valence-corrected chi connectivity index (χ1v) is 8.40. The van der Waals surface area contributed by atoms with Crippen LogP contribution in [0.1, 0.15) is 32.1 Å². The van der Waals surface area contributed by atoms with Gasteiger partial charge in [0, 0.05) is 32.2 Å². The van der Waals surface area contributed by atoms with Crippen LogP contribution in [0.25, 0.3) is 0 Å². The van der Waals surface area contributed by atoms with Crippen LogP contribution in [0.4, 0.5) is 0 Å². The third-order valence-electron chi connectivity index (χ3n) is 6.51. The Hall–Kier alpha value is -0.340. The molecule has 4 bridgehead atoms. The van der Waals surface area contributed by atoms with Gasteiger partial charge in [-0.2, -0.15) is 0 Å². The SMILES string of the molecule is C=CCN1CCNCC1C1C2CC3CC(C2)CC1C3. The van der Waals surface area contributed by atoms with Crippen molar-refractivity contribution in [3.05, 3.63) is 12.7 Å². The minimum atomic E-state index is 0.793. The molecule has 0 radical (unpaired) electrons. The van der Waals surface area contributed by atoms with Crippen molar-refractivity contribution in [1.82, 2.24) is 10.2 Å². The molecular formula is C17H28N2. The first-order valence-electron chi connectivity index (χ1n) is 8.40. The highest BCUT2D eigenvalue weighted by Gasteiger charge is 2.51. The standard InChI is InChI=1S/C17H28N2/c1-2-4-19-5-3-18-11-16(19)17-14-7-12-6-13(9-14)10-15(17)8-12/h2,12-18H,1,3-11H2. The number of rotatable bonds is 3. The Bertz CT molecular complexity index is 323. The van der Waals surface area contributed by atoms with Crippen LogP contribution in [-0.2, 0) is 0 Å². The van der Waals surface area contributed by atoms with E-state index in [0.717, 1.165) is 48.7 Å². The zero-order chi connectivity index (χ0) is 12.8. The number of nitrogens with one attached hydrogen (secondary N) is 1. The zero-order valence-corrected chi connectivity index (χ0v) is 12.1. The predicted molar refractivity (Wildman–Crippen MR) is 79.0 cm³/mol. The summed E-state index contributed by atoms with van der Waals surface area (Å²) in [6.45, 7) is 8.67. The van der Waals surface area contributed by atoms with Gasteiger partial charge in [-0.1, -0.05) is 6.08 Å².